The van der Waals surface area contributed by atoms with Crippen molar-refractivity contribution in [1.82, 2.24) is 0 Å². The molecule has 19 nitrogen and oxygen atoms in total. The van der Waals surface area contributed by atoms with Gasteiger partial charge in [-0.3, -0.25) is 0 Å². The van der Waals surface area contributed by atoms with Crippen LogP contribution in [0.3, 0.4) is 0 Å². The lowest BCUT2D eigenvalue weighted by Crippen LogP contribution is -2.69. The molecule has 0 radical (unpaired) electrons. The Labute approximate surface area is 392 Å². The third-order valence-corrected chi connectivity index (χ3v) is 19.5. The highest BCUT2D eigenvalue weighted by molar-refractivity contribution is 5.73. The van der Waals surface area contributed by atoms with Gasteiger partial charge < -0.3 is 89.7 Å². The van der Waals surface area contributed by atoms with Gasteiger partial charge in [0, 0.05) is 5.41 Å². The van der Waals surface area contributed by atoms with E-state index in [4.69, 9.17) is 28.4 Å². The van der Waals surface area contributed by atoms with E-state index in [1.165, 1.54) is 5.57 Å². The van der Waals surface area contributed by atoms with E-state index in [1.807, 2.05) is 0 Å². The van der Waals surface area contributed by atoms with Crippen LogP contribution in [0, 0.1) is 50.2 Å². The molecule has 67 heavy (non-hydrogen) atoms. The molecule has 24 atom stereocenters. The Balaban J connectivity index is 1.11. The molecule has 0 bridgehead atoms. The lowest BCUT2D eigenvalue weighted by atomic mass is 9.33. The van der Waals surface area contributed by atoms with Crippen LogP contribution in [0.4, 0.5) is 0 Å². The Kier molecular flexibility index (Phi) is 14.1. The first-order chi connectivity index (χ1) is 31.3. The predicted molar refractivity (Wildman–Crippen MR) is 232 cm³/mol. The quantitative estimate of drug-likeness (QED) is 0.0986. The number of rotatable bonds is 10. The van der Waals surface area contributed by atoms with Gasteiger partial charge in [0.2, 0.25) is 0 Å². The van der Waals surface area contributed by atoms with Gasteiger partial charge in [-0.15, -0.1) is 0 Å². The topological polar surface area (TPSA) is 315 Å². The fourth-order valence-electron chi connectivity index (χ4n) is 15.2. The van der Waals surface area contributed by atoms with Gasteiger partial charge in [-0.2, -0.15) is 0 Å². The zero-order valence-electron chi connectivity index (χ0n) is 39.8. The molecule has 8 aliphatic rings. The van der Waals surface area contributed by atoms with Gasteiger partial charge in [0.1, 0.15) is 67.1 Å². The van der Waals surface area contributed by atoms with E-state index in [2.05, 4.69) is 54.5 Å². The third kappa shape index (κ3) is 8.10. The Morgan fingerprint density at radius 3 is 1.78 bits per heavy atom. The van der Waals surface area contributed by atoms with Gasteiger partial charge in [-0.1, -0.05) is 60.1 Å². The number of hydrogen-bond donors (Lipinski definition) is 12. The normalized spacial score (nSPS) is 53.9. The zero-order valence-corrected chi connectivity index (χ0v) is 39.8. The number of fused-ring (bicyclic) bond motifs is 7. The van der Waals surface area contributed by atoms with Crippen LogP contribution >= 0.6 is 0 Å². The second-order valence-corrected chi connectivity index (χ2v) is 23.7. The molecule has 0 spiro atoms. The number of aliphatic hydroxyl groups is 11. The van der Waals surface area contributed by atoms with E-state index >= 15 is 0 Å². The fourth-order valence-corrected chi connectivity index (χ4v) is 15.2. The van der Waals surface area contributed by atoms with Crippen molar-refractivity contribution in [2.75, 3.05) is 19.8 Å². The summed E-state index contributed by atoms with van der Waals surface area (Å²) in [7, 11) is 0. The fraction of sp³-hybridized carbons (Fsp3) is 0.938. The number of ether oxygens (including phenoxy) is 6. The Bertz CT molecular complexity index is 1830. The molecular formula is C48H78O19. The molecule has 0 aromatic heterocycles. The maximum Gasteiger partial charge on any atom is 0.335 e. The molecule has 3 saturated heterocycles. The first-order valence-corrected chi connectivity index (χ1v) is 24.4. The average molecular weight is 959 g/mol. The molecule has 8 rings (SSSR count). The van der Waals surface area contributed by atoms with Crippen molar-refractivity contribution in [3.63, 3.8) is 0 Å². The van der Waals surface area contributed by atoms with Crippen LogP contribution < -0.4 is 0 Å². The van der Waals surface area contributed by atoms with Gasteiger partial charge in [0.25, 0.3) is 0 Å². The zero-order chi connectivity index (χ0) is 49.1. The summed E-state index contributed by atoms with van der Waals surface area (Å²) in [6.45, 7) is 14.2. The van der Waals surface area contributed by atoms with Crippen LogP contribution in [0.25, 0.3) is 0 Å². The number of aliphatic carboxylic acids is 1. The van der Waals surface area contributed by atoms with Crippen molar-refractivity contribution >= 4 is 5.97 Å². The largest absolute Gasteiger partial charge is 0.479 e. The molecule has 0 aromatic rings. The minimum absolute atomic E-state index is 0.0458. The smallest absolute Gasteiger partial charge is 0.335 e. The lowest BCUT2D eigenvalue weighted by Gasteiger charge is -2.72. The molecular weight excluding hydrogens is 881 g/mol. The Morgan fingerprint density at radius 2 is 1.22 bits per heavy atom. The molecule has 384 valence electrons. The van der Waals surface area contributed by atoms with Crippen molar-refractivity contribution in [3.8, 4) is 0 Å². The van der Waals surface area contributed by atoms with Gasteiger partial charge in [0.05, 0.1) is 32.0 Å². The molecule has 3 heterocycles. The average Bonchev–Trinajstić information content (AvgIpc) is 3.26. The number of aliphatic hydroxyl groups excluding tert-OH is 11. The summed E-state index contributed by atoms with van der Waals surface area (Å²) < 4.78 is 36.5. The molecule has 19 heteroatoms. The van der Waals surface area contributed by atoms with Crippen LogP contribution in [0.5, 0.6) is 0 Å². The highest BCUT2D eigenvalue weighted by Crippen LogP contribution is 2.76. The standard InChI is InChI=1S/C48H78O19/c1-43(2)14-15-48(20-51)22(16-43)21-8-9-26-45(5)12-11-28(44(3,4)25(45)10-13-46(26,6)47(21,7)17-27(48)52)64-42-38(67-41-34(58)32(56)30(54)24(19-50)63-41)36(35(59)37(66-42)39(60)61)65-40-33(57)31(55)29(53)23(18-49)62-40/h8,22-38,40-42,49-59H,9-20H2,1-7H3,(H,60,61). The maximum absolute atomic E-state index is 12.8. The van der Waals surface area contributed by atoms with E-state index in [1.54, 1.807) is 0 Å². The van der Waals surface area contributed by atoms with Gasteiger partial charge in [-0.25, -0.2) is 4.79 Å². The molecule has 5 aliphatic carbocycles. The summed E-state index contributed by atoms with van der Waals surface area (Å²) >= 11 is 0. The summed E-state index contributed by atoms with van der Waals surface area (Å²) in [5.41, 5.74) is -0.517. The minimum atomic E-state index is -2.12. The van der Waals surface area contributed by atoms with E-state index < -0.39 is 134 Å². The van der Waals surface area contributed by atoms with Crippen molar-refractivity contribution < 1.29 is 94.5 Å². The molecule has 0 aromatic carbocycles. The van der Waals surface area contributed by atoms with Gasteiger partial charge in [-0.05, 0) is 103 Å². The number of allylic oxidation sites excluding steroid dienone is 2. The summed E-state index contributed by atoms with van der Waals surface area (Å²) in [6.07, 6.45) is -19.6. The first-order valence-electron chi connectivity index (χ1n) is 24.4. The molecule has 0 amide bonds. The number of carboxylic acid groups (broad SMARTS) is 1. The summed E-state index contributed by atoms with van der Waals surface area (Å²) in [6, 6.07) is 0. The minimum Gasteiger partial charge on any atom is -0.479 e. The van der Waals surface area contributed by atoms with Crippen LogP contribution in [-0.4, -0.2) is 191 Å². The summed E-state index contributed by atoms with van der Waals surface area (Å²) in [4.78, 5) is 12.8. The van der Waals surface area contributed by atoms with Crippen molar-refractivity contribution in [3.05, 3.63) is 11.6 Å². The second-order valence-electron chi connectivity index (χ2n) is 23.7. The van der Waals surface area contributed by atoms with E-state index in [0.29, 0.717) is 19.3 Å². The van der Waals surface area contributed by atoms with Crippen LogP contribution in [0.2, 0.25) is 0 Å². The van der Waals surface area contributed by atoms with Gasteiger partial charge in [0.15, 0.2) is 25.0 Å². The number of carboxylic acids is 1. The highest BCUT2D eigenvalue weighted by Gasteiger charge is 2.70. The van der Waals surface area contributed by atoms with Crippen LogP contribution in [0.1, 0.15) is 106 Å². The highest BCUT2D eigenvalue weighted by atomic mass is 16.8. The van der Waals surface area contributed by atoms with Crippen molar-refractivity contribution in [1.29, 1.82) is 0 Å². The molecule has 24 unspecified atom stereocenters. The third-order valence-electron chi connectivity index (χ3n) is 19.5. The van der Waals surface area contributed by atoms with E-state index in [0.717, 1.165) is 38.5 Å². The van der Waals surface area contributed by atoms with Crippen LogP contribution in [0.15, 0.2) is 11.6 Å². The molecule has 4 saturated carbocycles. The monoisotopic (exact) mass is 959 g/mol. The SMILES string of the molecule is CC1(C)CCC2(CO)C(O)CC3(C)C(=CCC4C5(C)CCC(OC6OC(C(=O)O)C(O)C(OC7OC(CO)C(O)C(O)C7O)C6OC6OC(CO)C(O)C(O)C6O)C(C)(C)C5CCC43C)C2C1. The van der Waals surface area contributed by atoms with Crippen molar-refractivity contribution in [2.45, 2.75) is 211 Å². The molecule has 3 aliphatic heterocycles. The Hall–Kier alpha value is -1.47. The van der Waals surface area contributed by atoms with E-state index in [-0.39, 0.29) is 46.0 Å². The van der Waals surface area contributed by atoms with Crippen molar-refractivity contribution in [2.24, 2.45) is 50.2 Å². The van der Waals surface area contributed by atoms with Gasteiger partial charge >= 0.3 is 5.97 Å². The summed E-state index contributed by atoms with van der Waals surface area (Å²) in [5.74, 6) is -1.32. The lowest BCUT2D eigenvalue weighted by molar-refractivity contribution is -0.396. The molecule has 12 N–H and O–H groups in total. The Morgan fingerprint density at radius 1 is 0.642 bits per heavy atom. The maximum atomic E-state index is 12.8. The predicted octanol–water partition coefficient (Wildman–Crippen LogP) is -0.323. The molecule has 7 fully saturated rings. The van der Waals surface area contributed by atoms with E-state index in [9.17, 15) is 66.1 Å². The van der Waals surface area contributed by atoms with Crippen LogP contribution in [-0.2, 0) is 33.2 Å². The summed E-state index contributed by atoms with van der Waals surface area (Å²) in [5, 5.41) is 129. The number of hydrogen-bond acceptors (Lipinski definition) is 18. The second kappa shape index (κ2) is 18.2. The number of carbonyl (C=O) groups is 1. The first kappa shape index (κ1) is 51.9.